The Balaban J connectivity index is 1.52. The zero-order valence-electron chi connectivity index (χ0n) is 14.6. The van der Waals surface area contributed by atoms with Gasteiger partial charge >= 0.3 is 0 Å². The van der Waals surface area contributed by atoms with E-state index in [1.54, 1.807) is 23.1 Å². The van der Waals surface area contributed by atoms with Crippen molar-refractivity contribution in [2.45, 2.75) is 38.2 Å². The highest BCUT2D eigenvalue weighted by atomic mass is 32.2. The van der Waals surface area contributed by atoms with E-state index in [2.05, 4.69) is 42.6 Å². The molecule has 1 aliphatic heterocycles. The molecule has 0 N–H and O–H groups in total. The minimum absolute atomic E-state index is 0.200. The number of ether oxygens (including phenoxy) is 1. The van der Waals surface area contributed by atoms with Crippen molar-refractivity contribution < 1.29 is 9.53 Å². The number of thioether (sulfide) groups is 1. The van der Waals surface area contributed by atoms with Gasteiger partial charge in [0.25, 0.3) is 0 Å². The molecule has 1 unspecified atom stereocenters. The predicted octanol–water partition coefficient (Wildman–Crippen LogP) is 4.50. The molecule has 0 bridgehead atoms. The van der Waals surface area contributed by atoms with E-state index in [0.717, 1.165) is 25.2 Å². The Morgan fingerprint density at radius 2 is 2.16 bits per heavy atom. The van der Waals surface area contributed by atoms with Gasteiger partial charge in [0.1, 0.15) is 0 Å². The third-order valence-electron chi connectivity index (χ3n) is 4.34. The molecule has 5 heteroatoms. The number of nitrogens with zero attached hydrogens (tertiary/aromatic N) is 1. The van der Waals surface area contributed by atoms with E-state index < -0.39 is 0 Å². The number of rotatable bonds is 8. The normalized spacial score (nSPS) is 16.9. The molecule has 1 aliphatic rings. The number of hydrogen-bond donors (Lipinski definition) is 0. The standard InChI is InChI=1S/C20H25NO2S2/c1-16-6-8-17(9-7-16)14-24-15-20(22)21(12-18-4-2-10-23-18)13-19-5-3-11-25-19/h3,5-9,11,18H,2,4,10,12-15H2,1H3. The fourth-order valence-electron chi connectivity index (χ4n) is 2.91. The van der Waals surface area contributed by atoms with Gasteiger partial charge in [-0.15, -0.1) is 23.1 Å². The Labute approximate surface area is 158 Å². The van der Waals surface area contributed by atoms with Crippen molar-refractivity contribution in [2.24, 2.45) is 0 Å². The van der Waals surface area contributed by atoms with Gasteiger partial charge in [-0.25, -0.2) is 0 Å². The highest BCUT2D eigenvalue weighted by Gasteiger charge is 2.23. The van der Waals surface area contributed by atoms with Crippen LogP contribution in [0.3, 0.4) is 0 Å². The van der Waals surface area contributed by atoms with Crippen molar-refractivity contribution in [3.63, 3.8) is 0 Å². The van der Waals surface area contributed by atoms with Crippen LogP contribution in [0.2, 0.25) is 0 Å². The van der Waals surface area contributed by atoms with Crippen molar-refractivity contribution in [1.82, 2.24) is 4.90 Å². The number of hydrogen-bond acceptors (Lipinski definition) is 4. The smallest absolute Gasteiger partial charge is 0.232 e. The van der Waals surface area contributed by atoms with Gasteiger partial charge in [-0.3, -0.25) is 4.79 Å². The van der Waals surface area contributed by atoms with Gasteiger partial charge in [-0.05, 0) is 36.8 Å². The largest absolute Gasteiger partial charge is 0.376 e. The number of thiophene rings is 1. The molecule has 0 radical (unpaired) electrons. The number of carbonyl (C=O) groups excluding carboxylic acids is 1. The quantitative estimate of drug-likeness (QED) is 0.680. The van der Waals surface area contributed by atoms with Crippen LogP contribution in [0.15, 0.2) is 41.8 Å². The van der Waals surface area contributed by atoms with Crippen LogP contribution in [0.4, 0.5) is 0 Å². The van der Waals surface area contributed by atoms with Crippen LogP contribution < -0.4 is 0 Å². The summed E-state index contributed by atoms with van der Waals surface area (Å²) in [5, 5.41) is 2.07. The molecular formula is C20H25NO2S2. The second-order valence-corrected chi connectivity index (χ2v) is 8.48. The maximum atomic E-state index is 12.8. The number of benzene rings is 1. The lowest BCUT2D eigenvalue weighted by atomic mass is 10.2. The number of carbonyl (C=O) groups is 1. The van der Waals surface area contributed by atoms with Crippen LogP contribution in [0.5, 0.6) is 0 Å². The van der Waals surface area contributed by atoms with Crippen molar-refractivity contribution in [3.8, 4) is 0 Å². The second kappa shape index (κ2) is 9.41. The molecule has 1 aromatic heterocycles. The summed E-state index contributed by atoms with van der Waals surface area (Å²) in [6, 6.07) is 12.7. The molecule has 25 heavy (non-hydrogen) atoms. The van der Waals surface area contributed by atoms with Crippen LogP contribution in [-0.4, -0.2) is 35.8 Å². The topological polar surface area (TPSA) is 29.5 Å². The van der Waals surface area contributed by atoms with Gasteiger partial charge in [-0.2, -0.15) is 0 Å². The third-order valence-corrected chi connectivity index (χ3v) is 6.19. The first-order valence-corrected chi connectivity index (χ1v) is 10.8. The first-order valence-electron chi connectivity index (χ1n) is 8.76. The lowest BCUT2D eigenvalue weighted by Crippen LogP contribution is -2.37. The molecule has 1 saturated heterocycles. The van der Waals surface area contributed by atoms with E-state index in [0.29, 0.717) is 18.8 Å². The zero-order chi connectivity index (χ0) is 17.5. The molecule has 2 heterocycles. The van der Waals surface area contributed by atoms with Crippen molar-refractivity contribution in [3.05, 3.63) is 57.8 Å². The van der Waals surface area contributed by atoms with E-state index in [1.807, 2.05) is 11.0 Å². The average molecular weight is 376 g/mol. The lowest BCUT2D eigenvalue weighted by molar-refractivity contribution is -0.130. The van der Waals surface area contributed by atoms with Crippen molar-refractivity contribution in [2.75, 3.05) is 18.9 Å². The van der Waals surface area contributed by atoms with Crippen LogP contribution in [0, 0.1) is 6.92 Å². The van der Waals surface area contributed by atoms with E-state index >= 15 is 0 Å². The highest BCUT2D eigenvalue weighted by molar-refractivity contribution is 7.99. The summed E-state index contributed by atoms with van der Waals surface area (Å²) in [5.41, 5.74) is 2.54. The number of amides is 1. The molecule has 134 valence electrons. The Kier molecular flexibility index (Phi) is 6.96. The van der Waals surface area contributed by atoms with E-state index in [4.69, 9.17) is 4.74 Å². The fraction of sp³-hybridized carbons (Fsp3) is 0.450. The van der Waals surface area contributed by atoms with Crippen LogP contribution in [0.25, 0.3) is 0 Å². The fourth-order valence-corrected chi connectivity index (χ4v) is 4.52. The first-order chi connectivity index (χ1) is 12.2. The molecule has 1 amide bonds. The molecule has 3 nitrogen and oxygen atoms in total. The minimum atomic E-state index is 0.200. The van der Waals surface area contributed by atoms with E-state index in [9.17, 15) is 4.79 Å². The third kappa shape index (κ3) is 5.87. The average Bonchev–Trinajstić information content (AvgIpc) is 3.30. The van der Waals surface area contributed by atoms with Gasteiger partial charge < -0.3 is 9.64 Å². The summed E-state index contributed by atoms with van der Waals surface area (Å²) in [6.45, 7) is 4.32. The molecule has 2 aromatic rings. The maximum Gasteiger partial charge on any atom is 0.232 e. The molecule has 0 spiro atoms. The molecule has 1 aromatic carbocycles. The summed E-state index contributed by atoms with van der Waals surface area (Å²) < 4.78 is 5.74. The zero-order valence-corrected chi connectivity index (χ0v) is 16.3. The van der Waals surface area contributed by atoms with E-state index in [-0.39, 0.29) is 12.0 Å². The summed E-state index contributed by atoms with van der Waals surface area (Å²) in [4.78, 5) is 16.0. The van der Waals surface area contributed by atoms with Gasteiger partial charge in [-0.1, -0.05) is 35.9 Å². The second-order valence-electron chi connectivity index (χ2n) is 6.47. The highest BCUT2D eigenvalue weighted by Crippen LogP contribution is 2.19. The summed E-state index contributed by atoms with van der Waals surface area (Å²) in [5.74, 6) is 1.60. The summed E-state index contributed by atoms with van der Waals surface area (Å²) in [6.07, 6.45) is 2.37. The Morgan fingerprint density at radius 1 is 1.32 bits per heavy atom. The monoisotopic (exact) mass is 375 g/mol. The van der Waals surface area contributed by atoms with Crippen molar-refractivity contribution in [1.29, 1.82) is 0 Å². The molecule has 1 fully saturated rings. The van der Waals surface area contributed by atoms with E-state index in [1.165, 1.54) is 16.0 Å². The Hall–Kier alpha value is -1.30. The first kappa shape index (κ1) is 18.5. The van der Waals surface area contributed by atoms with Gasteiger partial charge in [0, 0.05) is 23.8 Å². The Bertz CT molecular complexity index is 649. The minimum Gasteiger partial charge on any atom is -0.376 e. The molecule has 1 atom stereocenters. The van der Waals surface area contributed by atoms with Crippen LogP contribution in [-0.2, 0) is 21.8 Å². The van der Waals surface area contributed by atoms with Crippen LogP contribution >= 0.6 is 23.1 Å². The molecule has 3 rings (SSSR count). The van der Waals surface area contributed by atoms with Crippen molar-refractivity contribution >= 4 is 29.0 Å². The number of aryl methyl sites for hydroxylation is 1. The lowest BCUT2D eigenvalue weighted by Gasteiger charge is -2.25. The maximum absolute atomic E-state index is 12.8. The SMILES string of the molecule is Cc1ccc(CSCC(=O)N(Cc2cccs2)CC2CCCO2)cc1. The molecular weight excluding hydrogens is 350 g/mol. The van der Waals surface area contributed by atoms with Crippen LogP contribution in [0.1, 0.15) is 28.8 Å². The van der Waals surface area contributed by atoms with Gasteiger partial charge in [0.05, 0.1) is 18.4 Å². The molecule has 0 aliphatic carbocycles. The molecule has 0 saturated carbocycles. The summed E-state index contributed by atoms with van der Waals surface area (Å²) >= 11 is 3.40. The van der Waals surface area contributed by atoms with Gasteiger partial charge in [0.2, 0.25) is 5.91 Å². The van der Waals surface area contributed by atoms with Gasteiger partial charge in [0.15, 0.2) is 0 Å². The predicted molar refractivity (Wildman–Crippen MR) is 106 cm³/mol. The Morgan fingerprint density at radius 3 is 2.84 bits per heavy atom. The summed E-state index contributed by atoms with van der Waals surface area (Å²) in [7, 11) is 0.